The van der Waals surface area contributed by atoms with Gasteiger partial charge in [0, 0.05) is 35.8 Å². The Kier molecular flexibility index (Phi) is 4.06. The molecular weight excluding hydrogens is 250 g/mol. The third-order valence-corrected chi connectivity index (χ3v) is 3.39. The van der Waals surface area contributed by atoms with Gasteiger partial charge in [-0.05, 0) is 12.1 Å². The Hall–Kier alpha value is -1.46. The van der Waals surface area contributed by atoms with Crippen LogP contribution in [-0.2, 0) is 6.42 Å². The lowest BCUT2D eigenvalue weighted by Crippen LogP contribution is -2.14. The fraction of sp³-hybridized carbons (Fsp3) is 0.167. The number of nitrogens with zero attached hydrogens (tertiary/aromatic N) is 1. The van der Waals surface area contributed by atoms with Gasteiger partial charge in [0.05, 0.1) is 5.01 Å². The van der Waals surface area contributed by atoms with Crippen LogP contribution in [-0.4, -0.2) is 16.5 Å². The number of thiazole rings is 1. The van der Waals surface area contributed by atoms with Gasteiger partial charge in [0.25, 0.3) is 0 Å². The lowest BCUT2D eigenvalue weighted by molar-refractivity contribution is 0.998. The van der Waals surface area contributed by atoms with E-state index >= 15 is 0 Å². The molecule has 1 aromatic carbocycles. The number of rotatable bonds is 5. The molecule has 0 amide bonds. The van der Waals surface area contributed by atoms with E-state index in [0.29, 0.717) is 4.99 Å². The topological polar surface area (TPSA) is 50.9 Å². The van der Waals surface area contributed by atoms with Crippen LogP contribution in [0.25, 0.3) is 0 Å². The monoisotopic (exact) mass is 263 g/mol. The van der Waals surface area contributed by atoms with Gasteiger partial charge in [-0.2, -0.15) is 0 Å². The summed E-state index contributed by atoms with van der Waals surface area (Å²) in [6, 6.07) is 7.80. The van der Waals surface area contributed by atoms with Crippen LogP contribution < -0.4 is 11.1 Å². The summed E-state index contributed by atoms with van der Waals surface area (Å²) in [7, 11) is 0. The highest BCUT2D eigenvalue weighted by atomic mass is 32.1. The average Bonchev–Trinajstić information content (AvgIpc) is 2.82. The number of hydrogen-bond acceptors (Lipinski definition) is 4. The number of benzene rings is 1. The first kappa shape index (κ1) is 12.0. The number of para-hydroxylation sites is 1. The number of aromatic nitrogens is 1. The molecule has 3 N–H and O–H groups in total. The van der Waals surface area contributed by atoms with Gasteiger partial charge in [-0.15, -0.1) is 11.3 Å². The van der Waals surface area contributed by atoms with E-state index in [1.54, 1.807) is 11.3 Å². The fourth-order valence-electron chi connectivity index (χ4n) is 1.53. The van der Waals surface area contributed by atoms with Crippen LogP contribution in [0, 0.1) is 0 Å². The van der Waals surface area contributed by atoms with E-state index in [1.165, 1.54) is 0 Å². The summed E-state index contributed by atoms with van der Waals surface area (Å²) >= 11 is 6.67. The minimum absolute atomic E-state index is 0.419. The second kappa shape index (κ2) is 5.75. The maximum atomic E-state index is 5.66. The second-order valence-corrected chi connectivity index (χ2v) is 4.93. The van der Waals surface area contributed by atoms with Crippen LogP contribution in [0.1, 0.15) is 10.6 Å². The molecule has 17 heavy (non-hydrogen) atoms. The molecule has 1 aromatic heterocycles. The maximum Gasteiger partial charge on any atom is 0.106 e. The zero-order valence-corrected chi connectivity index (χ0v) is 10.9. The summed E-state index contributed by atoms with van der Waals surface area (Å²) in [5, 5.41) is 6.45. The largest absolute Gasteiger partial charge is 0.389 e. The molecular formula is C12H13N3S2. The molecule has 0 aliphatic carbocycles. The summed E-state index contributed by atoms with van der Waals surface area (Å²) in [4.78, 5) is 4.65. The number of thiocarbonyl (C=S) groups is 1. The molecule has 0 saturated heterocycles. The van der Waals surface area contributed by atoms with E-state index in [4.69, 9.17) is 18.0 Å². The van der Waals surface area contributed by atoms with Crippen molar-refractivity contribution in [2.24, 2.45) is 5.73 Å². The smallest absolute Gasteiger partial charge is 0.106 e. The number of nitrogens with one attached hydrogen (secondary N) is 1. The molecule has 2 aromatic rings. The highest BCUT2D eigenvalue weighted by Crippen LogP contribution is 2.15. The third kappa shape index (κ3) is 3.25. The van der Waals surface area contributed by atoms with Crippen LogP contribution in [0.5, 0.6) is 0 Å². The molecule has 0 unspecified atom stereocenters. The van der Waals surface area contributed by atoms with Gasteiger partial charge >= 0.3 is 0 Å². The van der Waals surface area contributed by atoms with Crippen molar-refractivity contribution in [1.82, 2.24) is 4.98 Å². The molecule has 0 bridgehead atoms. The molecule has 0 saturated carbocycles. The van der Waals surface area contributed by atoms with Crippen molar-refractivity contribution < 1.29 is 0 Å². The molecule has 3 nitrogen and oxygen atoms in total. The Morgan fingerprint density at radius 3 is 2.94 bits per heavy atom. The Bertz CT molecular complexity index is 494. The molecule has 0 atom stereocenters. The summed E-state index contributed by atoms with van der Waals surface area (Å²) < 4.78 is 0. The lowest BCUT2D eigenvalue weighted by Gasteiger charge is -2.10. The number of anilines is 1. The summed E-state index contributed by atoms with van der Waals surface area (Å²) in [5.41, 5.74) is 7.54. The Morgan fingerprint density at radius 1 is 1.41 bits per heavy atom. The van der Waals surface area contributed by atoms with Crippen LogP contribution in [0.4, 0.5) is 5.69 Å². The van der Waals surface area contributed by atoms with Crippen LogP contribution >= 0.6 is 23.6 Å². The molecule has 0 fully saturated rings. The lowest BCUT2D eigenvalue weighted by atomic mass is 10.2. The van der Waals surface area contributed by atoms with Crippen LogP contribution in [0.3, 0.4) is 0 Å². The van der Waals surface area contributed by atoms with Gasteiger partial charge < -0.3 is 11.1 Å². The predicted octanol–water partition coefficient (Wildman–Crippen LogP) is 2.43. The first-order valence-electron chi connectivity index (χ1n) is 5.28. The Balaban J connectivity index is 1.97. The van der Waals surface area contributed by atoms with Crippen molar-refractivity contribution in [3.63, 3.8) is 0 Å². The number of nitrogens with two attached hydrogens (primary N) is 1. The highest BCUT2D eigenvalue weighted by molar-refractivity contribution is 7.80. The second-order valence-electron chi connectivity index (χ2n) is 3.51. The van der Waals surface area contributed by atoms with Crippen molar-refractivity contribution in [2.45, 2.75) is 6.42 Å². The van der Waals surface area contributed by atoms with Crippen molar-refractivity contribution >= 4 is 34.2 Å². The van der Waals surface area contributed by atoms with E-state index < -0.39 is 0 Å². The van der Waals surface area contributed by atoms with E-state index in [9.17, 15) is 0 Å². The normalized spacial score (nSPS) is 10.1. The zero-order chi connectivity index (χ0) is 12.1. The fourth-order valence-corrected chi connectivity index (χ4v) is 2.33. The van der Waals surface area contributed by atoms with E-state index in [0.717, 1.165) is 29.2 Å². The minimum Gasteiger partial charge on any atom is -0.389 e. The van der Waals surface area contributed by atoms with E-state index in [1.807, 2.05) is 35.8 Å². The standard InChI is InChI=1S/C12H13N3S2/c13-12(16)9-3-1-2-4-10(9)14-6-5-11-15-7-8-17-11/h1-4,7-8,14H,5-6H2,(H2,13,16). The van der Waals surface area contributed by atoms with Crippen molar-refractivity contribution in [2.75, 3.05) is 11.9 Å². The first-order chi connectivity index (χ1) is 8.27. The SMILES string of the molecule is NC(=S)c1ccccc1NCCc1nccs1. The average molecular weight is 263 g/mol. The molecule has 1 heterocycles. The summed E-state index contributed by atoms with van der Waals surface area (Å²) in [5.74, 6) is 0. The third-order valence-electron chi connectivity index (χ3n) is 2.33. The first-order valence-corrected chi connectivity index (χ1v) is 6.57. The van der Waals surface area contributed by atoms with Gasteiger partial charge in [-0.3, -0.25) is 0 Å². The van der Waals surface area contributed by atoms with Gasteiger partial charge in [0.1, 0.15) is 4.99 Å². The Morgan fingerprint density at radius 2 is 2.24 bits per heavy atom. The summed E-state index contributed by atoms with van der Waals surface area (Å²) in [6.45, 7) is 0.827. The van der Waals surface area contributed by atoms with Gasteiger partial charge in [0.2, 0.25) is 0 Å². The van der Waals surface area contributed by atoms with E-state index in [-0.39, 0.29) is 0 Å². The van der Waals surface area contributed by atoms with E-state index in [2.05, 4.69) is 10.3 Å². The minimum atomic E-state index is 0.419. The predicted molar refractivity (Wildman–Crippen MR) is 76.6 cm³/mol. The van der Waals surface area contributed by atoms with Gasteiger partial charge in [0.15, 0.2) is 0 Å². The summed E-state index contributed by atoms with van der Waals surface area (Å²) in [6.07, 6.45) is 2.73. The van der Waals surface area contributed by atoms with Crippen LogP contribution in [0.15, 0.2) is 35.8 Å². The Labute approximate surface area is 110 Å². The molecule has 2 rings (SSSR count). The van der Waals surface area contributed by atoms with Gasteiger partial charge in [-0.1, -0.05) is 24.4 Å². The number of hydrogen-bond donors (Lipinski definition) is 2. The molecule has 0 spiro atoms. The molecule has 0 aliphatic rings. The van der Waals surface area contributed by atoms with Crippen molar-refractivity contribution in [1.29, 1.82) is 0 Å². The van der Waals surface area contributed by atoms with Crippen molar-refractivity contribution in [3.8, 4) is 0 Å². The highest BCUT2D eigenvalue weighted by Gasteiger charge is 2.03. The maximum absolute atomic E-state index is 5.66. The molecule has 0 radical (unpaired) electrons. The molecule has 0 aliphatic heterocycles. The quantitative estimate of drug-likeness (QED) is 0.814. The molecule has 88 valence electrons. The van der Waals surface area contributed by atoms with Gasteiger partial charge in [-0.25, -0.2) is 4.98 Å². The van der Waals surface area contributed by atoms with Crippen molar-refractivity contribution in [3.05, 3.63) is 46.4 Å². The molecule has 5 heteroatoms. The zero-order valence-electron chi connectivity index (χ0n) is 9.22. The van der Waals surface area contributed by atoms with Crippen LogP contribution in [0.2, 0.25) is 0 Å².